The molecule has 0 aliphatic heterocycles. The molecule has 2 aromatic heterocycles. The van der Waals surface area contributed by atoms with Crippen molar-refractivity contribution < 1.29 is 0 Å². The number of unbranched alkanes of at least 4 members (excludes halogenated alkanes) is 10. The predicted molar refractivity (Wildman–Crippen MR) is 129 cm³/mol. The summed E-state index contributed by atoms with van der Waals surface area (Å²) in [4.78, 5) is 5.42. The molecule has 154 valence electrons. The molecule has 2 rings (SSSR count). The van der Waals surface area contributed by atoms with E-state index in [-0.39, 0.29) is 0 Å². The first kappa shape index (κ1) is 23.2. The molecule has 0 spiro atoms. The lowest BCUT2D eigenvalue weighted by Gasteiger charge is -1.99. The molecule has 2 heteroatoms. The smallest absolute Gasteiger partial charge is 0.0775 e. The summed E-state index contributed by atoms with van der Waals surface area (Å²) in [5.41, 5.74) is 0. The van der Waals surface area contributed by atoms with E-state index in [0.717, 1.165) is 0 Å². The van der Waals surface area contributed by atoms with Crippen molar-refractivity contribution in [3.05, 3.63) is 43.8 Å². The maximum absolute atomic E-state index is 3.38. The van der Waals surface area contributed by atoms with Gasteiger partial charge in [-0.15, -0.1) is 22.7 Å². The highest BCUT2D eigenvalue weighted by molar-refractivity contribution is 7.13. The summed E-state index contributed by atoms with van der Waals surface area (Å²) in [5, 5.41) is 0. The Morgan fingerprint density at radius 3 is 1.36 bits per heavy atom. The number of rotatable bonds is 14. The van der Waals surface area contributed by atoms with E-state index in [9.17, 15) is 0 Å². The van der Waals surface area contributed by atoms with E-state index in [4.69, 9.17) is 0 Å². The third-order valence-electron chi connectivity index (χ3n) is 5.19. The van der Waals surface area contributed by atoms with Crippen LogP contribution in [-0.4, -0.2) is 0 Å². The second kappa shape index (κ2) is 14.9. The van der Waals surface area contributed by atoms with E-state index < -0.39 is 0 Å². The van der Waals surface area contributed by atoms with Gasteiger partial charge in [0.25, 0.3) is 0 Å². The molecule has 0 nitrogen and oxygen atoms in total. The fourth-order valence-electron chi connectivity index (χ4n) is 3.44. The molecule has 0 bridgehead atoms. The van der Waals surface area contributed by atoms with Gasteiger partial charge < -0.3 is 0 Å². The summed E-state index contributed by atoms with van der Waals surface area (Å²) in [6.45, 7) is 4.56. The average Bonchev–Trinajstić information content (AvgIpc) is 3.35. The Bertz CT molecular complexity index is 637. The van der Waals surface area contributed by atoms with Crippen LogP contribution in [0.15, 0.2) is 24.3 Å². The van der Waals surface area contributed by atoms with Crippen LogP contribution in [0.2, 0.25) is 0 Å². The molecule has 0 unspecified atom stereocenters. The maximum atomic E-state index is 3.38. The van der Waals surface area contributed by atoms with E-state index in [1.54, 1.807) is 0 Å². The Morgan fingerprint density at radius 2 is 0.929 bits per heavy atom. The van der Waals surface area contributed by atoms with Gasteiger partial charge in [-0.05, 0) is 61.8 Å². The zero-order valence-corrected chi connectivity index (χ0v) is 19.7. The minimum Gasteiger partial charge on any atom is -0.132 e. The Hall–Kier alpha value is -1.04. The normalized spacial score (nSPS) is 10.8. The van der Waals surface area contributed by atoms with Crippen LogP contribution >= 0.6 is 22.7 Å². The zero-order chi connectivity index (χ0) is 19.9. The van der Waals surface area contributed by atoms with Gasteiger partial charge >= 0.3 is 0 Å². The summed E-state index contributed by atoms with van der Waals surface area (Å²) in [5.74, 6) is 6.76. The summed E-state index contributed by atoms with van der Waals surface area (Å²) < 4.78 is 0. The van der Waals surface area contributed by atoms with Crippen LogP contribution in [0.5, 0.6) is 0 Å². The molecule has 0 radical (unpaired) electrons. The highest BCUT2D eigenvalue weighted by Gasteiger charge is 2.00. The highest BCUT2D eigenvalue weighted by Crippen LogP contribution is 2.21. The Morgan fingerprint density at radius 1 is 0.536 bits per heavy atom. The first-order valence-electron chi connectivity index (χ1n) is 11.5. The van der Waals surface area contributed by atoms with E-state index in [1.165, 1.54) is 109 Å². The minimum atomic E-state index is 1.21. The van der Waals surface area contributed by atoms with Gasteiger partial charge in [0.2, 0.25) is 0 Å². The molecule has 2 aromatic rings. The first-order valence-corrected chi connectivity index (χ1v) is 13.1. The molecule has 0 saturated heterocycles. The standard InChI is InChI=1S/C26H38S2/c1-3-5-7-9-11-13-15-23-17-19-25(27-23)21-22-26-20-18-24(28-26)16-14-12-10-8-6-4-2/h17-20H,3-16H2,1-2H3. The maximum Gasteiger partial charge on any atom is 0.0775 e. The van der Waals surface area contributed by atoms with Gasteiger partial charge in [0.1, 0.15) is 0 Å². The molecule has 28 heavy (non-hydrogen) atoms. The molecule has 0 aliphatic rings. The second-order valence-corrected chi connectivity index (χ2v) is 10.2. The van der Waals surface area contributed by atoms with Gasteiger partial charge in [0.05, 0.1) is 9.75 Å². The van der Waals surface area contributed by atoms with Crippen LogP contribution in [0.3, 0.4) is 0 Å². The molecule has 0 atom stereocenters. The summed E-state index contributed by atoms with van der Waals surface area (Å²) in [7, 11) is 0. The molecule has 0 saturated carbocycles. The Labute approximate surface area is 181 Å². The molecule has 0 amide bonds. The molecule has 0 aromatic carbocycles. The minimum absolute atomic E-state index is 1.21. The van der Waals surface area contributed by atoms with Gasteiger partial charge in [-0.1, -0.05) is 78.1 Å². The van der Waals surface area contributed by atoms with Crippen molar-refractivity contribution in [3.8, 4) is 11.8 Å². The van der Waals surface area contributed by atoms with Gasteiger partial charge in [-0.3, -0.25) is 0 Å². The lowest BCUT2D eigenvalue weighted by Crippen LogP contribution is -1.82. The lowest BCUT2D eigenvalue weighted by atomic mass is 10.1. The number of thiophene rings is 2. The van der Waals surface area contributed by atoms with Crippen LogP contribution in [0, 0.1) is 11.8 Å². The third-order valence-corrected chi connectivity index (χ3v) is 7.31. The molecular weight excluding hydrogens is 376 g/mol. The fraction of sp³-hybridized carbons (Fsp3) is 0.615. The van der Waals surface area contributed by atoms with Gasteiger partial charge in [0.15, 0.2) is 0 Å². The second-order valence-electron chi connectivity index (χ2n) is 7.82. The fourth-order valence-corrected chi connectivity index (χ4v) is 5.25. The number of hydrogen-bond acceptors (Lipinski definition) is 2. The first-order chi connectivity index (χ1) is 13.8. The van der Waals surface area contributed by atoms with Crippen molar-refractivity contribution in [2.75, 3.05) is 0 Å². The number of hydrogen-bond donors (Lipinski definition) is 0. The SMILES string of the molecule is CCCCCCCCc1ccc(C#Cc2ccc(CCCCCCCC)s2)s1. The molecule has 2 heterocycles. The lowest BCUT2D eigenvalue weighted by molar-refractivity contribution is 0.609. The quantitative estimate of drug-likeness (QED) is 0.214. The van der Waals surface area contributed by atoms with Crippen molar-refractivity contribution in [2.45, 2.75) is 104 Å². The zero-order valence-electron chi connectivity index (χ0n) is 18.0. The van der Waals surface area contributed by atoms with Crippen LogP contribution in [-0.2, 0) is 12.8 Å². The van der Waals surface area contributed by atoms with Crippen molar-refractivity contribution >= 4 is 22.7 Å². The summed E-state index contributed by atoms with van der Waals surface area (Å²) in [6.07, 6.45) is 18.9. The molecule has 0 N–H and O–H groups in total. The highest BCUT2D eigenvalue weighted by atomic mass is 32.1. The van der Waals surface area contributed by atoms with Crippen molar-refractivity contribution in [2.24, 2.45) is 0 Å². The Balaban J connectivity index is 1.68. The average molecular weight is 415 g/mol. The van der Waals surface area contributed by atoms with E-state index in [1.807, 2.05) is 22.7 Å². The van der Waals surface area contributed by atoms with Crippen LogP contribution < -0.4 is 0 Å². The van der Waals surface area contributed by atoms with E-state index >= 15 is 0 Å². The van der Waals surface area contributed by atoms with Crippen LogP contribution in [0.1, 0.15) is 110 Å². The monoisotopic (exact) mass is 414 g/mol. The molecule has 0 aliphatic carbocycles. The van der Waals surface area contributed by atoms with Gasteiger partial charge in [-0.2, -0.15) is 0 Å². The van der Waals surface area contributed by atoms with Gasteiger partial charge in [0, 0.05) is 9.75 Å². The van der Waals surface area contributed by atoms with Crippen molar-refractivity contribution in [3.63, 3.8) is 0 Å². The van der Waals surface area contributed by atoms with Crippen LogP contribution in [0.25, 0.3) is 0 Å². The van der Waals surface area contributed by atoms with Gasteiger partial charge in [-0.25, -0.2) is 0 Å². The summed E-state index contributed by atoms with van der Waals surface area (Å²) in [6, 6.07) is 8.96. The largest absolute Gasteiger partial charge is 0.132 e. The third kappa shape index (κ3) is 9.94. The van der Waals surface area contributed by atoms with E-state index in [2.05, 4.69) is 50.0 Å². The molecular formula is C26H38S2. The predicted octanol–water partition coefficient (Wildman–Crippen LogP) is 9.02. The topological polar surface area (TPSA) is 0 Å². The van der Waals surface area contributed by atoms with Crippen molar-refractivity contribution in [1.29, 1.82) is 0 Å². The molecule has 0 fully saturated rings. The Kier molecular flexibility index (Phi) is 12.4. The number of aryl methyl sites for hydroxylation is 2. The van der Waals surface area contributed by atoms with Crippen LogP contribution in [0.4, 0.5) is 0 Å². The summed E-state index contributed by atoms with van der Waals surface area (Å²) >= 11 is 3.76. The van der Waals surface area contributed by atoms with Crippen molar-refractivity contribution in [1.82, 2.24) is 0 Å². The van der Waals surface area contributed by atoms with E-state index in [0.29, 0.717) is 0 Å².